The number of carbonyl (C=O) groups is 1. The minimum atomic E-state index is -3.74. The van der Waals surface area contributed by atoms with Gasteiger partial charge in [-0.1, -0.05) is 18.0 Å². The lowest BCUT2D eigenvalue weighted by Crippen LogP contribution is -2.35. The van der Waals surface area contributed by atoms with Crippen molar-refractivity contribution in [2.75, 3.05) is 25.0 Å². The van der Waals surface area contributed by atoms with Gasteiger partial charge in [0.25, 0.3) is 0 Å². The van der Waals surface area contributed by atoms with Crippen molar-refractivity contribution in [2.24, 2.45) is 0 Å². The molecule has 1 aliphatic heterocycles. The van der Waals surface area contributed by atoms with E-state index >= 15 is 0 Å². The van der Waals surface area contributed by atoms with Crippen molar-refractivity contribution in [1.82, 2.24) is 9.03 Å². The van der Waals surface area contributed by atoms with Crippen LogP contribution in [0.15, 0.2) is 58.3 Å². The minimum absolute atomic E-state index is 0.0582. The van der Waals surface area contributed by atoms with E-state index in [1.165, 1.54) is 52.8 Å². The fraction of sp³-hybridized carbons (Fsp3) is 0.350. The van der Waals surface area contributed by atoms with E-state index in [1.54, 1.807) is 0 Å². The highest BCUT2D eigenvalue weighted by Gasteiger charge is 2.25. The molecule has 0 aromatic heterocycles. The van der Waals surface area contributed by atoms with Crippen molar-refractivity contribution in [2.45, 2.75) is 35.5 Å². The Morgan fingerprint density at radius 1 is 0.871 bits per heavy atom. The van der Waals surface area contributed by atoms with Crippen LogP contribution in [-0.4, -0.2) is 46.7 Å². The Morgan fingerprint density at radius 3 is 2.06 bits per heavy atom. The van der Waals surface area contributed by atoms with E-state index in [-0.39, 0.29) is 22.8 Å². The lowest BCUT2D eigenvalue weighted by molar-refractivity contribution is -0.116. The van der Waals surface area contributed by atoms with Crippen molar-refractivity contribution in [3.63, 3.8) is 0 Å². The maximum Gasteiger partial charge on any atom is 0.243 e. The number of hydrogen-bond donors (Lipinski definition) is 2. The average Bonchev–Trinajstić information content (AvgIpc) is 2.75. The molecule has 31 heavy (non-hydrogen) atoms. The predicted octanol–water partition coefficient (Wildman–Crippen LogP) is 2.82. The summed E-state index contributed by atoms with van der Waals surface area (Å²) in [5, 5.41) is 3.06. The molecule has 1 fully saturated rings. The number of amides is 1. The van der Waals surface area contributed by atoms with E-state index in [0.717, 1.165) is 19.3 Å². The fourth-order valence-corrected chi connectivity index (χ4v) is 5.86. The number of carbonyl (C=O) groups excluding carboxylic acids is 1. The molecule has 8 nitrogen and oxygen atoms in total. The number of anilines is 1. The van der Waals surface area contributed by atoms with Gasteiger partial charge in [-0.25, -0.2) is 21.6 Å². The lowest BCUT2D eigenvalue weighted by atomic mass is 10.2. The van der Waals surface area contributed by atoms with Crippen molar-refractivity contribution in [3.05, 3.63) is 53.6 Å². The van der Waals surface area contributed by atoms with E-state index in [0.29, 0.717) is 23.8 Å². The molecule has 1 heterocycles. The van der Waals surface area contributed by atoms with Gasteiger partial charge in [0.15, 0.2) is 0 Å². The molecule has 1 amide bonds. The summed E-state index contributed by atoms with van der Waals surface area (Å²) >= 11 is 5.75. The molecule has 2 aromatic carbocycles. The van der Waals surface area contributed by atoms with E-state index in [1.807, 2.05) is 0 Å². The van der Waals surface area contributed by atoms with Gasteiger partial charge in [-0.2, -0.15) is 4.31 Å². The van der Waals surface area contributed by atoms with Crippen LogP contribution in [0.4, 0.5) is 5.69 Å². The van der Waals surface area contributed by atoms with Crippen LogP contribution in [-0.2, 0) is 24.8 Å². The summed E-state index contributed by atoms with van der Waals surface area (Å²) in [4.78, 5) is 12.4. The number of nitrogens with zero attached hydrogens (tertiary/aromatic N) is 1. The molecule has 0 atom stereocenters. The van der Waals surface area contributed by atoms with Gasteiger partial charge in [-0.05, 0) is 61.4 Å². The lowest BCUT2D eigenvalue weighted by Gasteiger charge is -2.25. The van der Waals surface area contributed by atoms with Gasteiger partial charge in [-0.3, -0.25) is 4.79 Å². The number of halogens is 1. The van der Waals surface area contributed by atoms with Crippen LogP contribution in [0.2, 0.25) is 5.02 Å². The number of hydrogen-bond acceptors (Lipinski definition) is 5. The van der Waals surface area contributed by atoms with Gasteiger partial charge in [0.1, 0.15) is 0 Å². The third-order valence-electron chi connectivity index (χ3n) is 4.86. The Kier molecular flexibility index (Phi) is 7.71. The number of piperidine rings is 1. The molecule has 0 radical (unpaired) electrons. The summed E-state index contributed by atoms with van der Waals surface area (Å²) in [6, 6.07) is 11.7. The summed E-state index contributed by atoms with van der Waals surface area (Å²) in [6.07, 6.45) is 2.66. The van der Waals surface area contributed by atoms with E-state index in [2.05, 4.69) is 10.0 Å². The Hall–Kier alpha value is -1.98. The predicted molar refractivity (Wildman–Crippen MR) is 119 cm³/mol. The first kappa shape index (κ1) is 23.7. The SMILES string of the molecule is O=C(CCNS(=O)(=O)c1ccc(Cl)cc1)Nc1ccc(S(=O)(=O)N2CCCCC2)cc1. The zero-order valence-electron chi connectivity index (χ0n) is 16.8. The normalized spacial score (nSPS) is 15.5. The summed E-state index contributed by atoms with van der Waals surface area (Å²) in [5.74, 6) is -0.398. The monoisotopic (exact) mass is 485 g/mol. The fourth-order valence-electron chi connectivity index (χ4n) is 3.18. The minimum Gasteiger partial charge on any atom is -0.326 e. The quantitative estimate of drug-likeness (QED) is 0.597. The summed E-state index contributed by atoms with van der Waals surface area (Å²) in [6.45, 7) is 0.956. The van der Waals surface area contributed by atoms with Gasteiger partial charge in [-0.15, -0.1) is 0 Å². The number of rotatable bonds is 8. The van der Waals surface area contributed by atoms with Crippen LogP contribution in [0.5, 0.6) is 0 Å². The summed E-state index contributed by atoms with van der Waals surface area (Å²) < 4.78 is 53.6. The second-order valence-electron chi connectivity index (χ2n) is 7.14. The Balaban J connectivity index is 1.52. The number of nitrogens with one attached hydrogen (secondary N) is 2. The molecule has 2 N–H and O–H groups in total. The van der Waals surface area contributed by atoms with Crippen LogP contribution >= 0.6 is 11.6 Å². The van der Waals surface area contributed by atoms with Gasteiger partial charge in [0, 0.05) is 36.8 Å². The highest BCUT2D eigenvalue weighted by atomic mass is 35.5. The summed E-state index contributed by atoms with van der Waals surface area (Å²) in [5.41, 5.74) is 0.433. The average molecular weight is 486 g/mol. The smallest absolute Gasteiger partial charge is 0.243 e. The molecule has 0 unspecified atom stereocenters. The molecular formula is C20H24ClN3O5S2. The number of benzene rings is 2. The van der Waals surface area contributed by atoms with E-state index in [4.69, 9.17) is 11.6 Å². The zero-order chi connectivity index (χ0) is 22.5. The van der Waals surface area contributed by atoms with E-state index in [9.17, 15) is 21.6 Å². The molecule has 0 spiro atoms. The zero-order valence-corrected chi connectivity index (χ0v) is 19.1. The second-order valence-corrected chi connectivity index (χ2v) is 11.3. The molecule has 11 heteroatoms. The Bertz CT molecular complexity index is 1110. The first-order chi connectivity index (χ1) is 14.7. The molecule has 0 bridgehead atoms. The van der Waals surface area contributed by atoms with Gasteiger partial charge >= 0.3 is 0 Å². The highest BCUT2D eigenvalue weighted by Crippen LogP contribution is 2.22. The highest BCUT2D eigenvalue weighted by molar-refractivity contribution is 7.89. The Morgan fingerprint density at radius 2 is 1.45 bits per heavy atom. The first-order valence-corrected chi connectivity index (χ1v) is 13.1. The van der Waals surface area contributed by atoms with Crippen molar-refractivity contribution in [3.8, 4) is 0 Å². The second kappa shape index (κ2) is 10.1. The molecule has 1 saturated heterocycles. The molecule has 0 aliphatic carbocycles. The standard InChI is InChI=1S/C20H24ClN3O5S2/c21-16-4-8-18(9-5-16)30(26,27)22-13-12-20(25)23-17-6-10-19(11-7-17)31(28,29)24-14-2-1-3-15-24/h4-11,22H,1-3,12-15H2,(H,23,25). The third kappa shape index (κ3) is 6.27. The topological polar surface area (TPSA) is 113 Å². The van der Waals surface area contributed by atoms with Crippen LogP contribution < -0.4 is 10.0 Å². The van der Waals surface area contributed by atoms with Crippen LogP contribution in [0.3, 0.4) is 0 Å². The first-order valence-electron chi connectivity index (χ1n) is 9.84. The number of sulfonamides is 2. The van der Waals surface area contributed by atoms with Gasteiger partial charge in [0.2, 0.25) is 26.0 Å². The molecule has 0 saturated carbocycles. The molecule has 3 rings (SSSR count). The van der Waals surface area contributed by atoms with Crippen LogP contribution in [0.1, 0.15) is 25.7 Å². The Labute approximate surface area is 187 Å². The largest absolute Gasteiger partial charge is 0.326 e. The summed E-state index contributed by atoms with van der Waals surface area (Å²) in [7, 11) is -7.27. The molecular weight excluding hydrogens is 462 g/mol. The van der Waals surface area contributed by atoms with Gasteiger partial charge < -0.3 is 5.32 Å². The molecule has 2 aromatic rings. The van der Waals surface area contributed by atoms with Crippen molar-refractivity contribution in [1.29, 1.82) is 0 Å². The van der Waals surface area contributed by atoms with Gasteiger partial charge in [0.05, 0.1) is 9.79 Å². The third-order valence-corrected chi connectivity index (χ3v) is 8.50. The van der Waals surface area contributed by atoms with Crippen LogP contribution in [0.25, 0.3) is 0 Å². The maximum absolute atomic E-state index is 12.7. The molecule has 1 aliphatic rings. The molecule has 168 valence electrons. The van der Waals surface area contributed by atoms with Crippen molar-refractivity contribution < 1.29 is 21.6 Å². The maximum atomic E-state index is 12.7. The van der Waals surface area contributed by atoms with Crippen molar-refractivity contribution >= 4 is 43.2 Å². The van der Waals surface area contributed by atoms with Crippen LogP contribution in [0, 0.1) is 0 Å². The van der Waals surface area contributed by atoms with E-state index < -0.39 is 26.0 Å².